The quantitative estimate of drug-likeness (QED) is 0.331. The van der Waals surface area contributed by atoms with E-state index in [1.807, 2.05) is 42.5 Å². The zero-order valence-corrected chi connectivity index (χ0v) is 11.1. The van der Waals surface area contributed by atoms with Crippen LogP contribution in [0, 0.1) is 0 Å². The molecule has 0 N–H and O–H groups in total. The molecule has 2 nitrogen and oxygen atoms in total. The second kappa shape index (κ2) is 6.74. The molecule has 2 heteroatoms. The Balaban J connectivity index is 2.04. The second-order valence-corrected chi connectivity index (χ2v) is 4.45. The molecule has 19 heavy (non-hydrogen) atoms. The van der Waals surface area contributed by atoms with Crippen molar-refractivity contribution in [2.24, 2.45) is 0 Å². The standard InChI is InChI=1S/C17H18O2/c1-2-3-11-19-12-10-17(18)16-9-8-14-6-4-5-7-15(14)13-16/h4-10,12-13H,2-3,11H2,1H3/b12-10+. The fourth-order valence-electron chi connectivity index (χ4n) is 1.84. The largest absolute Gasteiger partial charge is 0.501 e. The van der Waals surface area contributed by atoms with Crippen LogP contribution in [0.3, 0.4) is 0 Å². The fraction of sp³-hybridized carbons (Fsp3) is 0.235. The predicted octanol–water partition coefficient (Wildman–Crippen LogP) is 4.35. The molecular weight excluding hydrogens is 236 g/mol. The molecule has 0 heterocycles. The van der Waals surface area contributed by atoms with Crippen LogP contribution >= 0.6 is 0 Å². The van der Waals surface area contributed by atoms with Gasteiger partial charge in [-0.2, -0.15) is 0 Å². The SMILES string of the molecule is CCCCO/C=C/C(=O)c1ccc2ccccc2c1. The molecule has 0 atom stereocenters. The van der Waals surface area contributed by atoms with E-state index in [-0.39, 0.29) is 5.78 Å². The Morgan fingerprint density at radius 1 is 1.16 bits per heavy atom. The van der Waals surface area contributed by atoms with Gasteiger partial charge in [0, 0.05) is 11.6 Å². The summed E-state index contributed by atoms with van der Waals surface area (Å²) in [5.41, 5.74) is 0.689. The minimum absolute atomic E-state index is 0.0257. The van der Waals surface area contributed by atoms with Gasteiger partial charge in [0.2, 0.25) is 0 Å². The van der Waals surface area contributed by atoms with E-state index in [0.29, 0.717) is 12.2 Å². The van der Waals surface area contributed by atoms with Gasteiger partial charge in [0.05, 0.1) is 12.9 Å². The number of carbonyl (C=O) groups excluding carboxylic acids is 1. The molecule has 0 saturated heterocycles. The number of fused-ring (bicyclic) bond motifs is 1. The molecule has 0 spiro atoms. The first-order valence-corrected chi connectivity index (χ1v) is 6.62. The number of hydrogen-bond donors (Lipinski definition) is 0. The van der Waals surface area contributed by atoms with Crippen LogP contribution in [0.1, 0.15) is 30.1 Å². The van der Waals surface area contributed by atoms with Gasteiger partial charge >= 0.3 is 0 Å². The summed E-state index contributed by atoms with van der Waals surface area (Å²) in [5.74, 6) is -0.0257. The summed E-state index contributed by atoms with van der Waals surface area (Å²) in [6.45, 7) is 2.77. The minimum atomic E-state index is -0.0257. The van der Waals surface area contributed by atoms with Gasteiger partial charge in [-0.05, 0) is 23.3 Å². The lowest BCUT2D eigenvalue weighted by Crippen LogP contribution is -1.95. The van der Waals surface area contributed by atoms with Gasteiger partial charge in [-0.3, -0.25) is 4.79 Å². The molecule has 0 aliphatic heterocycles. The molecule has 98 valence electrons. The first-order valence-electron chi connectivity index (χ1n) is 6.62. The van der Waals surface area contributed by atoms with Gasteiger partial charge in [-0.25, -0.2) is 0 Å². The predicted molar refractivity (Wildman–Crippen MR) is 78.3 cm³/mol. The summed E-state index contributed by atoms with van der Waals surface area (Å²) >= 11 is 0. The highest BCUT2D eigenvalue weighted by Crippen LogP contribution is 2.16. The van der Waals surface area contributed by atoms with Crippen LogP contribution < -0.4 is 0 Å². The molecule has 2 rings (SSSR count). The van der Waals surface area contributed by atoms with Crippen LogP contribution in [0.4, 0.5) is 0 Å². The summed E-state index contributed by atoms with van der Waals surface area (Å²) in [6.07, 6.45) is 5.08. The molecule has 0 fully saturated rings. The Bertz CT molecular complexity index is 585. The maximum atomic E-state index is 12.0. The van der Waals surface area contributed by atoms with E-state index in [1.165, 1.54) is 12.3 Å². The van der Waals surface area contributed by atoms with Crippen molar-refractivity contribution >= 4 is 16.6 Å². The van der Waals surface area contributed by atoms with Gasteiger partial charge in [0.15, 0.2) is 5.78 Å². The van der Waals surface area contributed by atoms with Gasteiger partial charge in [-0.15, -0.1) is 0 Å². The summed E-state index contributed by atoms with van der Waals surface area (Å²) in [7, 11) is 0. The lowest BCUT2D eigenvalue weighted by molar-refractivity contribution is 0.104. The number of hydrogen-bond acceptors (Lipinski definition) is 2. The van der Waals surface area contributed by atoms with Crippen molar-refractivity contribution in [1.82, 2.24) is 0 Å². The third-order valence-electron chi connectivity index (χ3n) is 2.97. The van der Waals surface area contributed by atoms with E-state index in [2.05, 4.69) is 6.92 Å². The summed E-state index contributed by atoms with van der Waals surface area (Å²) in [5, 5.41) is 2.22. The maximum absolute atomic E-state index is 12.0. The van der Waals surface area contributed by atoms with E-state index < -0.39 is 0 Å². The van der Waals surface area contributed by atoms with Crippen LogP contribution in [-0.4, -0.2) is 12.4 Å². The number of ketones is 1. The van der Waals surface area contributed by atoms with E-state index in [4.69, 9.17) is 4.74 Å². The van der Waals surface area contributed by atoms with Gasteiger partial charge in [0.1, 0.15) is 0 Å². The molecule has 2 aromatic carbocycles. The van der Waals surface area contributed by atoms with E-state index in [0.717, 1.165) is 23.6 Å². The fourth-order valence-corrected chi connectivity index (χ4v) is 1.84. The van der Waals surface area contributed by atoms with Crippen LogP contribution in [0.25, 0.3) is 10.8 Å². The zero-order chi connectivity index (χ0) is 13.5. The van der Waals surface area contributed by atoms with Gasteiger partial charge < -0.3 is 4.74 Å². The Morgan fingerprint density at radius 2 is 1.95 bits per heavy atom. The Labute approximate surface area is 113 Å². The summed E-state index contributed by atoms with van der Waals surface area (Å²) in [6, 6.07) is 13.7. The smallest absolute Gasteiger partial charge is 0.188 e. The van der Waals surface area contributed by atoms with Crippen molar-refractivity contribution in [2.45, 2.75) is 19.8 Å². The number of ether oxygens (including phenoxy) is 1. The Kier molecular flexibility index (Phi) is 4.73. The molecule has 0 aromatic heterocycles. The molecule has 0 amide bonds. The van der Waals surface area contributed by atoms with Crippen LogP contribution in [0.15, 0.2) is 54.8 Å². The number of benzene rings is 2. The van der Waals surface area contributed by atoms with E-state index >= 15 is 0 Å². The first kappa shape index (κ1) is 13.3. The monoisotopic (exact) mass is 254 g/mol. The molecule has 0 bridgehead atoms. The van der Waals surface area contributed by atoms with Crippen molar-refractivity contribution in [3.63, 3.8) is 0 Å². The summed E-state index contributed by atoms with van der Waals surface area (Å²) < 4.78 is 5.25. The third kappa shape index (κ3) is 3.68. The Morgan fingerprint density at radius 3 is 2.74 bits per heavy atom. The number of unbranched alkanes of at least 4 members (excludes halogenated alkanes) is 1. The minimum Gasteiger partial charge on any atom is -0.501 e. The number of rotatable bonds is 6. The van der Waals surface area contributed by atoms with Gasteiger partial charge in [0.25, 0.3) is 0 Å². The molecule has 0 aliphatic rings. The molecule has 0 saturated carbocycles. The van der Waals surface area contributed by atoms with Crippen LogP contribution in [0.2, 0.25) is 0 Å². The second-order valence-electron chi connectivity index (χ2n) is 4.45. The normalized spacial score (nSPS) is 11.0. The van der Waals surface area contributed by atoms with Crippen molar-refractivity contribution in [3.8, 4) is 0 Å². The summed E-state index contributed by atoms with van der Waals surface area (Å²) in [4.78, 5) is 12.0. The molecule has 2 aromatic rings. The average molecular weight is 254 g/mol. The lowest BCUT2D eigenvalue weighted by atomic mass is 10.0. The Hall–Kier alpha value is -2.09. The first-order chi connectivity index (χ1) is 9.31. The van der Waals surface area contributed by atoms with Crippen molar-refractivity contribution in [1.29, 1.82) is 0 Å². The van der Waals surface area contributed by atoms with E-state index in [9.17, 15) is 4.79 Å². The van der Waals surface area contributed by atoms with Crippen LogP contribution in [0.5, 0.6) is 0 Å². The third-order valence-corrected chi connectivity index (χ3v) is 2.97. The molecular formula is C17H18O2. The zero-order valence-electron chi connectivity index (χ0n) is 11.1. The van der Waals surface area contributed by atoms with Crippen molar-refractivity contribution in [2.75, 3.05) is 6.61 Å². The molecule has 0 unspecified atom stereocenters. The van der Waals surface area contributed by atoms with Gasteiger partial charge in [-0.1, -0.05) is 49.7 Å². The highest BCUT2D eigenvalue weighted by molar-refractivity contribution is 6.06. The molecule has 0 aliphatic carbocycles. The highest BCUT2D eigenvalue weighted by Gasteiger charge is 2.02. The number of allylic oxidation sites excluding steroid dienone is 1. The van der Waals surface area contributed by atoms with Crippen molar-refractivity contribution in [3.05, 3.63) is 60.4 Å². The lowest BCUT2D eigenvalue weighted by Gasteiger charge is -2.01. The van der Waals surface area contributed by atoms with Crippen LogP contribution in [-0.2, 0) is 4.74 Å². The average Bonchev–Trinajstić information content (AvgIpc) is 2.46. The maximum Gasteiger partial charge on any atom is 0.188 e. The number of carbonyl (C=O) groups is 1. The van der Waals surface area contributed by atoms with Crippen molar-refractivity contribution < 1.29 is 9.53 Å². The van der Waals surface area contributed by atoms with E-state index in [1.54, 1.807) is 0 Å². The highest BCUT2D eigenvalue weighted by atomic mass is 16.5. The molecule has 0 radical (unpaired) electrons. The topological polar surface area (TPSA) is 26.3 Å².